The number of carboxylic acids is 1. The first-order valence-corrected chi connectivity index (χ1v) is 6.26. The Kier molecular flexibility index (Phi) is 4.90. The van der Waals surface area contributed by atoms with Crippen molar-refractivity contribution in [3.05, 3.63) is 11.8 Å². The van der Waals surface area contributed by atoms with Crippen LogP contribution in [0.15, 0.2) is 11.8 Å². The quantitative estimate of drug-likeness (QED) is 0.735. The second-order valence-corrected chi connectivity index (χ2v) is 5.09. The van der Waals surface area contributed by atoms with Crippen LogP contribution in [-0.2, 0) is 9.59 Å². The van der Waals surface area contributed by atoms with Crippen molar-refractivity contribution in [2.75, 3.05) is 7.05 Å². The molecular formula is C13H22N2O3. The van der Waals surface area contributed by atoms with Gasteiger partial charge >= 0.3 is 5.97 Å². The minimum atomic E-state index is -0.925. The van der Waals surface area contributed by atoms with Gasteiger partial charge in [0, 0.05) is 30.3 Å². The van der Waals surface area contributed by atoms with Gasteiger partial charge in [0.2, 0.25) is 0 Å². The molecule has 18 heavy (non-hydrogen) atoms. The number of carbonyl (C=O) groups excluding carboxylic acids is 1. The van der Waals surface area contributed by atoms with E-state index in [0.717, 1.165) is 0 Å². The van der Waals surface area contributed by atoms with E-state index in [4.69, 9.17) is 5.11 Å². The van der Waals surface area contributed by atoms with Gasteiger partial charge in [0.05, 0.1) is 0 Å². The van der Waals surface area contributed by atoms with Crippen LogP contribution in [0.4, 0.5) is 0 Å². The topological polar surface area (TPSA) is 69.6 Å². The highest BCUT2D eigenvalue weighted by molar-refractivity contribution is 5.96. The van der Waals surface area contributed by atoms with E-state index in [1.54, 1.807) is 13.1 Å². The number of carboxylic acid groups (broad SMARTS) is 1. The van der Waals surface area contributed by atoms with Crippen LogP contribution in [0.3, 0.4) is 0 Å². The Morgan fingerprint density at radius 1 is 1.44 bits per heavy atom. The summed E-state index contributed by atoms with van der Waals surface area (Å²) in [5.41, 5.74) is 0.687. The van der Waals surface area contributed by atoms with Crippen LogP contribution in [0, 0.1) is 0 Å². The predicted octanol–water partition coefficient (Wildman–Crippen LogP) is 1.00. The average molecular weight is 254 g/mol. The maximum Gasteiger partial charge on any atom is 0.325 e. The molecule has 1 aliphatic rings. The molecule has 0 aromatic carbocycles. The normalized spacial score (nSPS) is 30.0. The van der Waals surface area contributed by atoms with Crippen LogP contribution in [-0.4, -0.2) is 46.9 Å². The number of hydrogen-bond acceptors (Lipinski definition) is 4. The van der Waals surface area contributed by atoms with Crippen LogP contribution in [0.5, 0.6) is 0 Å². The fourth-order valence-electron chi connectivity index (χ4n) is 1.99. The molecule has 0 saturated carbocycles. The lowest BCUT2D eigenvalue weighted by atomic mass is 10.0. The largest absolute Gasteiger partial charge is 0.480 e. The number of nitrogens with zero attached hydrogens (tertiary/aromatic N) is 1. The van der Waals surface area contributed by atoms with Crippen LogP contribution in [0.1, 0.15) is 33.6 Å². The third-order valence-electron chi connectivity index (χ3n) is 3.62. The molecule has 3 atom stereocenters. The van der Waals surface area contributed by atoms with Crippen molar-refractivity contribution in [1.82, 2.24) is 10.2 Å². The van der Waals surface area contributed by atoms with Crippen LogP contribution >= 0.6 is 0 Å². The lowest BCUT2D eigenvalue weighted by molar-refractivity contribution is -0.138. The average Bonchev–Trinajstić information content (AvgIpc) is 2.39. The van der Waals surface area contributed by atoms with Crippen molar-refractivity contribution in [2.24, 2.45) is 0 Å². The SMILES string of the molecule is CC(NC=C1CC(C)N(C)C(C)CC1=O)C(=O)O. The number of rotatable bonds is 3. The highest BCUT2D eigenvalue weighted by Crippen LogP contribution is 2.21. The molecule has 0 radical (unpaired) electrons. The van der Waals surface area contributed by atoms with E-state index < -0.39 is 12.0 Å². The molecule has 0 aliphatic carbocycles. The van der Waals surface area contributed by atoms with Crippen LogP contribution < -0.4 is 5.32 Å². The van der Waals surface area contributed by atoms with Crippen molar-refractivity contribution in [2.45, 2.75) is 51.7 Å². The van der Waals surface area contributed by atoms with E-state index in [2.05, 4.69) is 17.1 Å². The first-order valence-electron chi connectivity index (χ1n) is 6.26. The molecule has 1 heterocycles. The Hall–Kier alpha value is -1.36. The summed E-state index contributed by atoms with van der Waals surface area (Å²) in [6.07, 6.45) is 2.71. The molecule has 1 fully saturated rings. The summed E-state index contributed by atoms with van der Waals surface area (Å²) >= 11 is 0. The molecule has 5 nitrogen and oxygen atoms in total. The molecule has 0 amide bonds. The van der Waals surface area contributed by atoms with E-state index in [1.807, 2.05) is 14.0 Å². The van der Waals surface area contributed by atoms with Gasteiger partial charge in [0.15, 0.2) is 5.78 Å². The molecule has 0 spiro atoms. The Morgan fingerprint density at radius 3 is 2.56 bits per heavy atom. The predicted molar refractivity (Wildman–Crippen MR) is 69.2 cm³/mol. The summed E-state index contributed by atoms with van der Waals surface area (Å²) < 4.78 is 0. The minimum Gasteiger partial charge on any atom is -0.480 e. The van der Waals surface area contributed by atoms with E-state index in [-0.39, 0.29) is 17.9 Å². The van der Waals surface area contributed by atoms with Crippen LogP contribution in [0.2, 0.25) is 0 Å². The van der Waals surface area contributed by atoms with Gasteiger partial charge < -0.3 is 15.3 Å². The molecule has 0 bridgehead atoms. The number of hydrogen-bond donors (Lipinski definition) is 2. The van der Waals surface area contributed by atoms with Gasteiger partial charge in [-0.1, -0.05) is 0 Å². The second-order valence-electron chi connectivity index (χ2n) is 5.09. The maximum absolute atomic E-state index is 12.0. The summed E-state index contributed by atoms with van der Waals surface area (Å²) in [5, 5.41) is 11.5. The van der Waals surface area contributed by atoms with Crippen molar-refractivity contribution in [3.8, 4) is 0 Å². The Balaban J connectivity index is 2.78. The molecule has 1 saturated heterocycles. The fourth-order valence-corrected chi connectivity index (χ4v) is 1.99. The van der Waals surface area contributed by atoms with Crippen molar-refractivity contribution in [1.29, 1.82) is 0 Å². The number of Topliss-reactive ketones (excluding diaryl/α,β-unsaturated/α-hetero) is 1. The zero-order valence-corrected chi connectivity index (χ0v) is 11.4. The second kappa shape index (κ2) is 6.00. The third-order valence-corrected chi connectivity index (χ3v) is 3.62. The van der Waals surface area contributed by atoms with Gasteiger partial charge in [-0.15, -0.1) is 0 Å². The zero-order chi connectivity index (χ0) is 13.9. The zero-order valence-electron chi connectivity index (χ0n) is 11.4. The van der Waals surface area contributed by atoms with Crippen LogP contribution in [0.25, 0.3) is 0 Å². The van der Waals surface area contributed by atoms with E-state index in [9.17, 15) is 9.59 Å². The monoisotopic (exact) mass is 254 g/mol. The van der Waals surface area contributed by atoms with Gasteiger partial charge in [-0.05, 0) is 34.2 Å². The molecule has 1 aliphatic heterocycles. The molecule has 0 aromatic heterocycles. The molecule has 2 N–H and O–H groups in total. The standard InChI is InChI=1S/C13H22N2O3/c1-8-5-11(7-14-10(3)13(17)18)12(16)6-9(2)15(8)4/h7-10,14H,5-6H2,1-4H3,(H,17,18). The van der Waals surface area contributed by atoms with Crippen molar-refractivity contribution >= 4 is 11.8 Å². The first kappa shape index (κ1) is 14.7. The Morgan fingerprint density at radius 2 is 2.00 bits per heavy atom. The Bertz CT molecular complexity index is 365. The highest BCUT2D eigenvalue weighted by Gasteiger charge is 2.27. The number of likely N-dealkylation sites (tertiary alicyclic amines) is 1. The van der Waals surface area contributed by atoms with E-state index in [1.165, 1.54) is 0 Å². The summed E-state index contributed by atoms with van der Waals surface area (Å²) in [6.45, 7) is 5.66. The summed E-state index contributed by atoms with van der Waals surface area (Å²) in [5.74, 6) is -0.824. The highest BCUT2D eigenvalue weighted by atomic mass is 16.4. The third kappa shape index (κ3) is 3.57. The molecular weight excluding hydrogens is 232 g/mol. The molecule has 102 valence electrons. The number of aliphatic carboxylic acids is 1. The van der Waals surface area contributed by atoms with E-state index in [0.29, 0.717) is 18.4 Å². The fraction of sp³-hybridized carbons (Fsp3) is 0.692. The molecule has 5 heteroatoms. The van der Waals surface area contributed by atoms with Crippen molar-refractivity contribution in [3.63, 3.8) is 0 Å². The lowest BCUT2D eigenvalue weighted by Gasteiger charge is -2.27. The van der Waals surface area contributed by atoms with Gasteiger partial charge in [-0.3, -0.25) is 9.59 Å². The maximum atomic E-state index is 12.0. The summed E-state index contributed by atoms with van der Waals surface area (Å²) in [4.78, 5) is 24.9. The molecule has 0 aromatic rings. The number of carbonyl (C=O) groups is 2. The summed E-state index contributed by atoms with van der Waals surface area (Å²) in [7, 11) is 2.01. The smallest absolute Gasteiger partial charge is 0.325 e. The van der Waals surface area contributed by atoms with Gasteiger partial charge in [0.25, 0.3) is 0 Å². The molecule has 1 rings (SSSR count). The van der Waals surface area contributed by atoms with Crippen molar-refractivity contribution < 1.29 is 14.7 Å². The van der Waals surface area contributed by atoms with E-state index >= 15 is 0 Å². The van der Waals surface area contributed by atoms with Gasteiger partial charge in [0.1, 0.15) is 6.04 Å². The minimum absolute atomic E-state index is 0.101. The van der Waals surface area contributed by atoms with Gasteiger partial charge in [-0.2, -0.15) is 0 Å². The Labute approximate surface area is 108 Å². The van der Waals surface area contributed by atoms with Gasteiger partial charge in [-0.25, -0.2) is 0 Å². The summed E-state index contributed by atoms with van der Waals surface area (Å²) in [6, 6.07) is -0.186. The molecule has 3 unspecified atom stereocenters. The lowest BCUT2D eigenvalue weighted by Crippen LogP contribution is -2.35. The number of nitrogens with one attached hydrogen (secondary N) is 1. The first-order chi connectivity index (χ1) is 8.32. The number of ketones is 1.